The molecule has 0 spiro atoms. The molecule has 0 radical (unpaired) electrons. The van der Waals surface area contributed by atoms with E-state index in [1.807, 2.05) is 0 Å². The second-order valence-corrected chi connectivity index (χ2v) is 10.1. The summed E-state index contributed by atoms with van der Waals surface area (Å²) in [5.74, 6) is -2.24. The molecule has 4 rings (SSSR count). The molecule has 15 nitrogen and oxygen atoms in total. The molecule has 17 heteroatoms. The van der Waals surface area contributed by atoms with Crippen LogP contribution in [0, 0.1) is 6.92 Å². The van der Waals surface area contributed by atoms with Crippen molar-refractivity contribution in [3.8, 4) is 0 Å². The van der Waals surface area contributed by atoms with Crippen molar-refractivity contribution in [3.63, 3.8) is 0 Å². The van der Waals surface area contributed by atoms with Gasteiger partial charge in [0.25, 0.3) is 11.8 Å². The van der Waals surface area contributed by atoms with E-state index in [0.717, 1.165) is 21.8 Å². The Kier molecular flexibility index (Phi) is 7.98. The molecular weight excluding hydrogens is 540 g/mol. The molecule has 2 atom stereocenters. The predicted octanol–water partition coefficient (Wildman–Crippen LogP) is -2.86. The van der Waals surface area contributed by atoms with E-state index in [-0.39, 0.29) is 47.7 Å². The summed E-state index contributed by atoms with van der Waals surface area (Å²) < 4.78 is 3.30. The summed E-state index contributed by atoms with van der Waals surface area (Å²) in [5, 5.41) is 31.2. The molecule has 2 aliphatic heterocycles. The van der Waals surface area contributed by atoms with Crippen molar-refractivity contribution in [2.45, 2.75) is 31.4 Å². The molecule has 0 unspecified atom stereocenters. The third-order valence-electron chi connectivity index (χ3n) is 5.85. The number of aliphatic hydroxyl groups excluding tert-OH is 1. The number of nitrogens with one attached hydrogen (secondary N) is 2. The van der Waals surface area contributed by atoms with Crippen LogP contribution >= 0.6 is 23.1 Å². The van der Waals surface area contributed by atoms with Crippen LogP contribution in [0.3, 0.4) is 0 Å². The number of fused-ring (bicyclic) bond motifs is 1. The van der Waals surface area contributed by atoms with Gasteiger partial charge in [-0.25, -0.2) is 4.98 Å². The van der Waals surface area contributed by atoms with E-state index in [2.05, 4.69) is 20.8 Å². The number of aromatic nitrogens is 3. The van der Waals surface area contributed by atoms with E-state index in [1.54, 1.807) is 22.5 Å². The number of rotatable bonds is 11. The molecular formula is C21H24N8O7S2. The van der Waals surface area contributed by atoms with Crippen LogP contribution in [0.4, 0.5) is 10.9 Å². The second kappa shape index (κ2) is 11.2. The van der Waals surface area contributed by atoms with Crippen LogP contribution in [-0.4, -0.2) is 80.5 Å². The lowest BCUT2D eigenvalue weighted by molar-refractivity contribution is -0.767. The molecule has 2 aliphatic rings. The summed E-state index contributed by atoms with van der Waals surface area (Å²) in [6.45, 7) is 1.93. The number of carboxylic acids is 1. The SMILES string of the molecule is CON=C(C(=O)N[C@@H]1C(=O)N2C(C(=O)[O-])=C(C[n+]3cc(C)c(N)n3CCO)CS[C@H]12)c1csc(NC=O)n1. The highest BCUT2D eigenvalue weighted by Crippen LogP contribution is 2.40. The van der Waals surface area contributed by atoms with Gasteiger partial charge in [-0.05, 0) is 6.92 Å². The molecule has 1 saturated heterocycles. The number of amides is 3. The number of carbonyl (C=O) groups is 4. The van der Waals surface area contributed by atoms with Crippen LogP contribution in [0.5, 0.6) is 0 Å². The lowest BCUT2D eigenvalue weighted by Crippen LogP contribution is -2.71. The first kappa shape index (κ1) is 27.1. The van der Waals surface area contributed by atoms with Gasteiger partial charge in [0.15, 0.2) is 23.2 Å². The smallest absolute Gasteiger partial charge is 0.276 e. The second-order valence-electron chi connectivity index (χ2n) is 8.16. The first-order valence-corrected chi connectivity index (χ1v) is 13.1. The first-order valence-electron chi connectivity index (χ1n) is 11.1. The van der Waals surface area contributed by atoms with Crippen LogP contribution in [0.1, 0.15) is 11.3 Å². The largest absolute Gasteiger partial charge is 0.543 e. The van der Waals surface area contributed by atoms with Crippen molar-refractivity contribution in [1.29, 1.82) is 0 Å². The van der Waals surface area contributed by atoms with Gasteiger partial charge in [-0.2, -0.15) is 0 Å². The van der Waals surface area contributed by atoms with E-state index in [0.29, 0.717) is 17.8 Å². The van der Waals surface area contributed by atoms with Crippen molar-refractivity contribution in [1.82, 2.24) is 19.9 Å². The van der Waals surface area contributed by atoms with E-state index in [1.165, 1.54) is 24.3 Å². The minimum atomic E-state index is -1.52. The van der Waals surface area contributed by atoms with Gasteiger partial charge in [-0.3, -0.25) is 19.3 Å². The molecule has 2 aromatic rings. The highest BCUT2D eigenvalue weighted by atomic mass is 32.2. The number of nitrogens with two attached hydrogens (primary N) is 1. The maximum Gasteiger partial charge on any atom is 0.276 e. The first-order chi connectivity index (χ1) is 18.2. The summed E-state index contributed by atoms with van der Waals surface area (Å²) >= 11 is 2.34. The molecule has 2 aromatic heterocycles. The Hall–Kier alpha value is -3.96. The number of hydrogen-bond acceptors (Lipinski definition) is 12. The van der Waals surface area contributed by atoms with Gasteiger partial charge in [0, 0.05) is 16.7 Å². The minimum absolute atomic E-state index is 0.105. The Labute approximate surface area is 223 Å². The van der Waals surface area contributed by atoms with Crippen LogP contribution in [0.2, 0.25) is 0 Å². The number of thiazole rings is 1. The molecule has 1 fully saturated rings. The Morgan fingerprint density at radius 2 is 2.24 bits per heavy atom. The minimum Gasteiger partial charge on any atom is -0.543 e. The zero-order valence-electron chi connectivity index (χ0n) is 20.2. The molecule has 0 bridgehead atoms. The standard InChI is InChI=1S/C21H24N8O7S2/c1-10-5-27(28(3-4-30)16(10)22)6-11-7-37-19-14(18(33)29(19)15(11)20(34)35)25-17(32)13(26-36-2)12-8-38-21(24-12)23-9-31/h5,8-9,14,19,22,30H,3-4,6-7H2,1-2H3,(H3,23,24,25,31,32,34,35)/t14-,19-/m1/s1. The maximum atomic E-state index is 13.1. The van der Waals surface area contributed by atoms with Gasteiger partial charge in [0.2, 0.25) is 12.6 Å². The number of aliphatic hydroxyl groups is 1. The number of hydrogen-bond donors (Lipinski definition) is 4. The molecule has 5 N–H and O–H groups in total. The number of aliphatic carboxylic acids is 1. The van der Waals surface area contributed by atoms with Crippen molar-refractivity contribution in [3.05, 3.63) is 34.1 Å². The average molecular weight is 565 g/mol. The van der Waals surface area contributed by atoms with Crippen LogP contribution in [0.25, 0.3) is 0 Å². The lowest BCUT2D eigenvalue weighted by Gasteiger charge is -2.50. The maximum absolute atomic E-state index is 13.1. The molecule has 0 aromatic carbocycles. The number of nitrogens with zero attached hydrogens (tertiary/aromatic N) is 5. The molecule has 0 aliphatic carbocycles. The molecule has 4 heterocycles. The molecule has 38 heavy (non-hydrogen) atoms. The van der Waals surface area contributed by atoms with E-state index >= 15 is 0 Å². The van der Waals surface area contributed by atoms with Crippen molar-refractivity contribution in [2.24, 2.45) is 5.16 Å². The van der Waals surface area contributed by atoms with Crippen LogP contribution in [0.15, 0.2) is 28.0 Å². The zero-order chi connectivity index (χ0) is 27.6. The summed E-state index contributed by atoms with van der Waals surface area (Å²) in [6, 6.07) is -1.03. The van der Waals surface area contributed by atoms with Crippen LogP contribution < -0.4 is 26.2 Å². The Morgan fingerprint density at radius 3 is 2.89 bits per heavy atom. The van der Waals surface area contributed by atoms with Gasteiger partial charge in [-0.1, -0.05) is 5.16 Å². The summed E-state index contributed by atoms with van der Waals surface area (Å²) in [7, 11) is 1.24. The molecule has 0 saturated carbocycles. The van der Waals surface area contributed by atoms with Gasteiger partial charge < -0.3 is 36.2 Å². The quantitative estimate of drug-likeness (QED) is 0.0721. The summed E-state index contributed by atoms with van der Waals surface area (Å²) in [4.78, 5) is 58.7. The molecule has 202 valence electrons. The fourth-order valence-electron chi connectivity index (χ4n) is 4.17. The van der Waals surface area contributed by atoms with Crippen molar-refractivity contribution < 1.29 is 38.9 Å². The number of carbonyl (C=O) groups excluding carboxylic acids is 4. The Bertz CT molecular complexity index is 1350. The van der Waals surface area contributed by atoms with Crippen molar-refractivity contribution in [2.75, 3.05) is 30.5 Å². The Morgan fingerprint density at radius 1 is 1.47 bits per heavy atom. The number of carboxylic acid groups (broad SMARTS) is 1. The average Bonchev–Trinajstić information content (AvgIpc) is 3.45. The van der Waals surface area contributed by atoms with E-state index in [4.69, 9.17) is 10.6 Å². The summed E-state index contributed by atoms with van der Waals surface area (Å²) in [5.41, 5.74) is 6.88. The number of aryl methyl sites for hydroxylation is 1. The number of oxime groups is 1. The highest BCUT2D eigenvalue weighted by molar-refractivity contribution is 8.00. The van der Waals surface area contributed by atoms with Gasteiger partial charge in [0.05, 0.1) is 23.8 Å². The third-order valence-corrected chi connectivity index (χ3v) is 7.97. The summed E-state index contributed by atoms with van der Waals surface area (Å²) in [6.07, 6.45) is 2.17. The highest BCUT2D eigenvalue weighted by Gasteiger charge is 2.53. The van der Waals surface area contributed by atoms with Crippen LogP contribution in [-0.2, 0) is 37.1 Å². The van der Waals surface area contributed by atoms with Gasteiger partial charge in [-0.15, -0.1) is 32.5 Å². The Balaban J connectivity index is 1.54. The third kappa shape index (κ3) is 4.94. The topological polar surface area (TPSA) is 208 Å². The zero-order valence-corrected chi connectivity index (χ0v) is 21.9. The van der Waals surface area contributed by atoms with E-state index < -0.39 is 29.2 Å². The number of nitrogen functional groups attached to an aromatic ring is 1. The molecule has 3 amide bonds. The van der Waals surface area contributed by atoms with Gasteiger partial charge >= 0.3 is 0 Å². The fourth-order valence-corrected chi connectivity index (χ4v) is 6.16. The normalized spacial score (nSPS) is 19.1. The monoisotopic (exact) mass is 564 g/mol. The fraction of sp³-hybridized carbons (Fsp3) is 0.381. The lowest BCUT2D eigenvalue weighted by atomic mass is 10.0. The number of thioether (sulfide) groups is 1. The number of anilines is 2. The number of β-lactam (4-membered cyclic amide) rings is 1. The van der Waals surface area contributed by atoms with Crippen molar-refractivity contribution >= 4 is 64.0 Å². The van der Waals surface area contributed by atoms with Gasteiger partial charge in [0.1, 0.15) is 30.8 Å². The van der Waals surface area contributed by atoms with E-state index in [9.17, 15) is 29.4 Å². The predicted molar refractivity (Wildman–Crippen MR) is 133 cm³/mol.